The molecule has 0 bridgehead atoms. The Balaban J connectivity index is 4.11. The first-order valence-electron chi connectivity index (χ1n) is 22.6. The Labute approximate surface area is 332 Å². The third-order valence-electron chi connectivity index (χ3n) is 9.88. The van der Waals surface area contributed by atoms with Crippen molar-refractivity contribution in [1.29, 1.82) is 0 Å². The van der Waals surface area contributed by atoms with Crippen molar-refractivity contribution >= 4 is 18.2 Å². The minimum absolute atomic E-state index is 0.0193. The lowest BCUT2D eigenvalue weighted by Gasteiger charge is -2.17. The molecule has 0 aromatic carbocycles. The Bertz CT molecular complexity index is 815. The maximum atomic E-state index is 12.7. The molecule has 10 nitrogen and oxygen atoms in total. The van der Waals surface area contributed by atoms with Gasteiger partial charge in [0.25, 0.3) is 0 Å². The first kappa shape index (κ1) is 51.9. The van der Waals surface area contributed by atoms with E-state index in [0.29, 0.717) is 26.3 Å². The average Bonchev–Trinajstić information content (AvgIpc) is 3.17. The van der Waals surface area contributed by atoms with Gasteiger partial charge in [0.15, 0.2) is 0 Å². The lowest BCUT2D eigenvalue weighted by Crippen LogP contribution is -2.39. The third-order valence-corrected chi connectivity index (χ3v) is 9.88. The van der Waals surface area contributed by atoms with Crippen LogP contribution in [0.5, 0.6) is 0 Å². The zero-order valence-corrected chi connectivity index (χ0v) is 35.5. The van der Waals surface area contributed by atoms with Crippen molar-refractivity contribution in [3.63, 3.8) is 0 Å². The summed E-state index contributed by atoms with van der Waals surface area (Å²) < 4.78 is 26.1. The molecule has 0 saturated heterocycles. The van der Waals surface area contributed by atoms with Gasteiger partial charge in [-0.05, 0) is 12.8 Å². The number of esters is 1. The summed E-state index contributed by atoms with van der Waals surface area (Å²) in [5.74, 6) is -0.789. The summed E-state index contributed by atoms with van der Waals surface area (Å²) in [4.78, 5) is 37.5. The fraction of sp³-hybridized carbons (Fsp3) is 0.932. The molecule has 10 heteroatoms. The van der Waals surface area contributed by atoms with Crippen molar-refractivity contribution in [2.75, 3.05) is 53.2 Å². The summed E-state index contributed by atoms with van der Waals surface area (Å²) in [7, 11) is 1.58. The molecule has 0 aliphatic rings. The van der Waals surface area contributed by atoms with Crippen molar-refractivity contribution in [1.82, 2.24) is 10.6 Å². The van der Waals surface area contributed by atoms with Gasteiger partial charge in [-0.25, -0.2) is 14.4 Å². The number of rotatable bonds is 42. The Morgan fingerprint density at radius 3 is 1.17 bits per heavy atom. The fourth-order valence-electron chi connectivity index (χ4n) is 6.44. The molecule has 1 unspecified atom stereocenters. The molecule has 320 valence electrons. The van der Waals surface area contributed by atoms with Gasteiger partial charge in [0, 0.05) is 20.2 Å². The molecule has 0 aromatic heterocycles. The summed E-state index contributed by atoms with van der Waals surface area (Å²) in [6.45, 7) is 6.00. The second kappa shape index (κ2) is 43.7. The normalized spacial score (nSPS) is 11.7. The Morgan fingerprint density at radius 1 is 0.426 bits per heavy atom. The standard InChI is InChI=1S/C44H86N2O8/c1-4-6-8-10-12-14-16-18-20-21-23-25-27-29-31-33-35-46-44(49)54-41(42(47)52-39-38-51-37-36-50-3)40-53-43(48)45-34-32-30-28-26-24-22-19-17-15-13-11-9-7-5-2/h41H,4-40H2,1-3H3,(H,45,48)(H,46,49). The lowest BCUT2D eigenvalue weighted by molar-refractivity contribution is -0.157. The van der Waals surface area contributed by atoms with E-state index in [1.54, 1.807) is 7.11 Å². The third kappa shape index (κ3) is 39.6. The van der Waals surface area contributed by atoms with E-state index in [1.807, 2.05) is 0 Å². The molecule has 2 N–H and O–H groups in total. The highest BCUT2D eigenvalue weighted by molar-refractivity contribution is 5.79. The van der Waals surface area contributed by atoms with Gasteiger partial charge in [0.2, 0.25) is 6.10 Å². The van der Waals surface area contributed by atoms with Crippen molar-refractivity contribution < 1.29 is 38.1 Å². The van der Waals surface area contributed by atoms with E-state index >= 15 is 0 Å². The fourth-order valence-corrected chi connectivity index (χ4v) is 6.44. The minimum Gasteiger partial charge on any atom is -0.460 e. The molecule has 0 rings (SSSR count). The largest absolute Gasteiger partial charge is 0.460 e. The highest BCUT2D eigenvalue weighted by Gasteiger charge is 2.26. The molecule has 0 aliphatic carbocycles. The van der Waals surface area contributed by atoms with Crippen LogP contribution in [0.2, 0.25) is 0 Å². The predicted octanol–water partition coefficient (Wildman–Crippen LogP) is 11.8. The highest BCUT2D eigenvalue weighted by atomic mass is 16.6. The molecule has 0 radical (unpaired) electrons. The molecule has 0 aromatic rings. The van der Waals surface area contributed by atoms with Gasteiger partial charge in [-0.15, -0.1) is 0 Å². The van der Waals surface area contributed by atoms with Crippen LogP contribution in [0.1, 0.15) is 206 Å². The summed E-state index contributed by atoms with van der Waals surface area (Å²) in [5.41, 5.74) is 0. The van der Waals surface area contributed by atoms with Crippen molar-refractivity contribution in [2.45, 2.75) is 213 Å². The van der Waals surface area contributed by atoms with Crippen LogP contribution in [0.4, 0.5) is 9.59 Å². The van der Waals surface area contributed by atoms with E-state index in [-0.39, 0.29) is 13.2 Å². The van der Waals surface area contributed by atoms with Gasteiger partial charge < -0.3 is 34.3 Å². The quantitative estimate of drug-likeness (QED) is 0.0357. The van der Waals surface area contributed by atoms with Crippen LogP contribution in [-0.2, 0) is 28.5 Å². The summed E-state index contributed by atoms with van der Waals surface area (Å²) in [6.07, 6.45) is 35.5. The number of carbonyl (C=O) groups is 3. The van der Waals surface area contributed by atoms with Gasteiger partial charge in [0.1, 0.15) is 13.2 Å². The molecular weight excluding hydrogens is 684 g/mol. The van der Waals surface area contributed by atoms with Crippen LogP contribution in [0.25, 0.3) is 0 Å². The lowest BCUT2D eigenvalue weighted by atomic mass is 10.0. The average molecular weight is 771 g/mol. The number of amides is 2. The zero-order chi connectivity index (χ0) is 39.4. The topological polar surface area (TPSA) is 121 Å². The zero-order valence-electron chi connectivity index (χ0n) is 35.5. The van der Waals surface area contributed by atoms with Crippen LogP contribution < -0.4 is 10.6 Å². The van der Waals surface area contributed by atoms with E-state index in [4.69, 9.17) is 23.7 Å². The van der Waals surface area contributed by atoms with Crippen molar-refractivity contribution in [3.8, 4) is 0 Å². The number of hydrogen-bond donors (Lipinski definition) is 2. The van der Waals surface area contributed by atoms with E-state index in [0.717, 1.165) is 38.5 Å². The number of carbonyl (C=O) groups excluding carboxylic acids is 3. The summed E-state index contributed by atoms with van der Waals surface area (Å²) >= 11 is 0. The van der Waals surface area contributed by atoms with E-state index < -0.39 is 30.9 Å². The Kier molecular flexibility index (Phi) is 42.0. The maximum Gasteiger partial charge on any atom is 0.408 e. The van der Waals surface area contributed by atoms with E-state index in [9.17, 15) is 14.4 Å². The minimum atomic E-state index is -1.37. The molecule has 0 spiro atoms. The molecule has 54 heavy (non-hydrogen) atoms. The molecule has 2 amide bonds. The number of unbranched alkanes of at least 4 members (excludes halogenated alkanes) is 28. The highest BCUT2D eigenvalue weighted by Crippen LogP contribution is 2.15. The SMILES string of the molecule is CCCCCCCCCCCCCCCCCCNC(=O)OC(COC(=O)NCCCCCCCCCCCCCCCC)C(=O)OCCOCCOC. The van der Waals surface area contributed by atoms with Crippen LogP contribution >= 0.6 is 0 Å². The molecule has 0 saturated carbocycles. The van der Waals surface area contributed by atoms with E-state index in [1.165, 1.54) is 154 Å². The van der Waals surface area contributed by atoms with Crippen molar-refractivity contribution in [2.24, 2.45) is 0 Å². The van der Waals surface area contributed by atoms with Crippen LogP contribution in [0, 0.1) is 0 Å². The monoisotopic (exact) mass is 771 g/mol. The van der Waals surface area contributed by atoms with Gasteiger partial charge in [0.05, 0.1) is 19.8 Å². The first-order chi connectivity index (χ1) is 26.5. The number of nitrogens with one attached hydrogen (secondary N) is 2. The Morgan fingerprint density at radius 2 is 0.778 bits per heavy atom. The second-order valence-corrected chi connectivity index (χ2v) is 15.0. The van der Waals surface area contributed by atoms with Crippen LogP contribution in [0.3, 0.4) is 0 Å². The Hall–Kier alpha value is -2.07. The summed E-state index contributed by atoms with van der Waals surface area (Å²) in [6, 6.07) is 0. The van der Waals surface area contributed by atoms with E-state index in [2.05, 4.69) is 24.5 Å². The van der Waals surface area contributed by atoms with Crippen molar-refractivity contribution in [3.05, 3.63) is 0 Å². The number of hydrogen-bond acceptors (Lipinski definition) is 8. The predicted molar refractivity (Wildman–Crippen MR) is 221 cm³/mol. The van der Waals surface area contributed by atoms with Crippen LogP contribution in [0.15, 0.2) is 0 Å². The number of ether oxygens (including phenoxy) is 5. The number of alkyl carbamates (subject to hydrolysis) is 2. The molecular formula is C44H86N2O8. The first-order valence-corrected chi connectivity index (χ1v) is 22.6. The molecule has 0 heterocycles. The second-order valence-electron chi connectivity index (χ2n) is 15.0. The smallest absolute Gasteiger partial charge is 0.408 e. The molecule has 0 aliphatic heterocycles. The molecule has 1 atom stereocenters. The van der Waals surface area contributed by atoms with Gasteiger partial charge in [-0.2, -0.15) is 0 Å². The summed E-state index contributed by atoms with van der Waals surface area (Å²) in [5, 5.41) is 5.45. The van der Waals surface area contributed by atoms with Gasteiger partial charge >= 0.3 is 18.2 Å². The van der Waals surface area contributed by atoms with Gasteiger partial charge in [-0.3, -0.25) is 0 Å². The maximum absolute atomic E-state index is 12.7. The van der Waals surface area contributed by atoms with Gasteiger partial charge in [-0.1, -0.05) is 194 Å². The van der Waals surface area contributed by atoms with Crippen LogP contribution in [-0.4, -0.2) is 77.5 Å². The number of methoxy groups -OCH3 is 1. The molecule has 0 fully saturated rings.